The van der Waals surface area contributed by atoms with Gasteiger partial charge in [-0.3, -0.25) is 0 Å². The molecule has 5 heteroatoms. The molecule has 2 nitrogen and oxygen atoms in total. The minimum Gasteiger partial charge on any atom is -0.381 e. The molecule has 1 N–H and O–H groups in total. The van der Waals surface area contributed by atoms with Gasteiger partial charge in [-0.05, 0) is 56.9 Å². The zero-order chi connectivity index (χ0) is 17.1. The summed E-state index contributed by atoms with van der Waals surface area (Å²) in [5.41, 5.74) is 1.73. The molecule has 1 aromatic heterocycles. The lowest BCUT2D eigenvalue weighted by Crippen LogP contribution is -2.36. The predicted molar refractivity (Wildman–Crippen MR) is 98.2 cm³/mol. The number of rotatable bonds is 4. The first kappa shape index (κ1) is 17.2. The van der Waals surface area contributed by atoms with Crippen LogP contribution in [-0.2, 0) is 6.42 Å². The van der Waals surface area contributed by atoms with Crippen molar-refractivity contribution in [1.82, 2.24) is 4.90 Å². The highest BCUT2D eigenvalue weighted by atomic mass is 32.1. The molecule has 0 bridgehead atoms. The number of nitrogens with one attached hydrogen (secondary N) is 1. The summed E-state index contributed by atoms with van der Waals surface area (Å²) in [5, 5.41) is 4.54. The van der Waals surface area contributed by atoms with Gasteiger partial charge < -0.3 is 10.2 Å². The zero-order valence-corrected chi connectivity index (χ0v) is 14.9. The van der Waals surface area contributed by atoms with E-state index in [1.54, 1.807) is 6.92 Å². The fourth-order valence-corrected chi connectivity index (χ4v) is 4.44. The largest absolute Gasteiger partial charge is 0.381 e. The number of anilines is 1. The van der Waals surface area contributed by atoms with Crippen LogP contribution < -0.4 is 5.32 Å². The van der Waals surface area contributed by atoms with Crippen molar-refractivity contribution in [3.8, 4) is 11.8 Å². The van der Waals surface area contributed by atoms with Gasteiger partial charge in [-0.1, -0.05) is 18.1 Å². The van der Waals surface area contributed by atoms with E-state index in [1.807, 2.05) is 18.2 Å². The highest BCUT2D eigenvalue weighted by Crippen LogP contribution is 2.37. The number of fused-ring (bicyclic) bond motifs is 1. The molecule has 24 heavy (non-hydrogen) atoms. The molecule has 0 aliphatic carbocycles. The van der Waals surface area contributed by atoms with Crippen LogP contribution in [0.25, 0.3) is 10.1 Å². The summed E-state index contributed by atoms with van der Waals surface area (Å²) in [7, 11) is 2.14. The molecule has 0 atom stereocenters. The second kappa shape index (κ2) is 7.50. The van der Waals surface area contributed by atoms with Gasteiger partial charge in [0, 0.05) is 12.5 Å². The first-order chi connectivity index (χ1) is 11.6. The van der Waals surface area contributed by atoms with Gasteiger partial charge in [0.2, 0.25) is 6.43 Å². The minimum absolute atomic E-state index is 0.234. The van der Waals surface area contributed by atoms with E-state index in [0.29, 0.717) is 11.6 Å². The van der Waals surface area contributed by atoms with Crippen molar-refractivity contribution in [3.05, 3.63) is 28.6 Å². The number of benzene rings is 1. The summed E-state index contributed by atoms with van der Waals surface area (Å²) >= 11 is 1.53. The molecule has 1 aromatic carbocycles. The SMILES string of the molecule is CC#Cc1sc2c(NC3CCN(C)CC3)cccc2c1CC(F)F. The number of likely N-dealkylation sites (tertiary alicyclic amines) is 1. The normalized spacial score (nSPS) is 16.4. The molecule has 3 rings (SSSR count). The monoisotopic (exact) mass is 348 g/mol. The van der Waals surface area contributed by atoms with Crippen LogP contribution in [0.15, 0.2) is 18.2 Å². The van der Waals surface area contributed by atoms with Gasteiger partial charge in [0.15, 0.2) is 0 Å². The molecule has 2 heterocycles. The van der Waals surface area contributed by atoms with Crippen molar-refractivity contribution in [2.75, 3.05) is 25.5 Å². The van der Waals surface area contributed by atoms with E-state index >= 15 is 0 Å². The summed E-state index contributed by atoms with van der Waals surface area (Å²) in [6.07, 6.45) is -0.388. The summed E-state index contributed by atoms with van der Waals surface area (Å²) in [6, 6.07) is 6.37. The van der Waals surface area contributed by atoms with Gasteiger partial charge >= 0.3 is 0 Å². The number of hydrogen-bond donors (Lipinski definition) is 1. The van der Waals surface area contributed by atoms with Crippen LogP contribution in [0.1, 0.15) is 30.2 Å². The maximum Gasteiger partial charge on any atom is 0.242 e. The van der Waals surface area contributed by atoms with Crippen molar-refractivity contribution >= 4 is 27.1 Å². The Kier molecular flexibility index (Phi) is 5.37. The Morgan fingerprint density at radius 1 is 1.33 bits per heavy atom. The smallest absolute Gasteiger partial charge is 0.242 e. The zero-order valence-electron chi connectivity index (χ0n) is 14.0. The van der Waals surface area contributed by atoms with E-state index in [1.165, 1.54) is 11.3 Å². The fourth-order valence-electron chi connectivity index (χ4n) is 3.23. The standard InChI is InChI=1S/C19H22F2N2S/c1-3-5-17-15(12-18(20)21)14-6-4-7-16(19(14)24-17)22-13-8-10-23(2)11-9-13/h4,6-7,13,18,22H,8-12H2,1-2H3. The van der Waals surface area contributed by atoms with E-state index in [9.17, 15) is 8.78 Å². The summed E-state index contributed by atoms with van der Waals surface area (Å²) in [6.45, 7) is 3.91. The van der Waals surface area contributed by atoms with Gasteiger partial charge in [-0.15, -0.1) is 17.3 Å². The highest BCUT2D eigenvalue weighted by Gasteiger charge is 2.20. The van der Waals surface area contributed by atoms with Crippen LogP contribution in [0.5, 0.6) is 0 Å². The average Bonchev–Trinajstić information content (AvgIpc) is 2.88. The third-order valence-corrected chi connectivity index (χ3v) is 5.69. The van der Waals surface area contributed by atoms with Crippen LogP contribution in [0.3, 0.4) is 0 Å². The maximum absolute atomic E-state index is 13.0. The highest BCUT2D eigenvalue weighted by molar-refractivity contribution is 7.20. The van der Waals surface area contributed by atoms with Gasteiger partial charge in [-0.2, -0.15) is 0 Å². The molecule has 0 unspecified atom stereocenters. The Bertz CT molecular complexity index is 765. The quantitative estimate of drug-likeness (QED) is 0.813. The van der Waals surface area contributed by atoms with Crippen molar-refractivity contribution < 1.29 is 8.78 Å². The molecule has 1 aliphatic heterocycles. The Morgan fingerprint density at radius 2 is 2.08 bits per heavy atom. The van der Waals surface area contributed by atoms with E-state index in [4.69, 9.17) is 0 Å². The van der Waals surface area contributed by atoms with Crippen molar-refractivity contribution in [3.63, 3.8) is 0 Å². The van der Waals surface area contributed by atoms with Crippen LogP contribution >= 0.6 is 11.3 Å². The first-order valence-electron chi connectivity index (χ1n) is 8.29. The molecule has 0 saturated carbocycles. The summed E-state index contributed by atoms with van der Waals surface area (Å²) in [5.74, 6) is 5.86. The van der Waals surface area contributed by atoms with Gasteiger partial charge in [0.05, 0.1) is 15.3 Å². The van der Waals surface area contributed by atoms with Crippen molar-refractivity contribution in [2.24, 2.45) is 0 Å². The summed E-state index contributed by atoms with van der Waals surface area (Å²) < 4.78 is 27.0. The number of alkyl halides is 2. The Hall–Kier alpha value is -1.64. The van der Waals surface area contributed by atoms with Crippen molar-refractivity contribution in [1.29, 1.82) is 0 Å². The second-order valence-corrected chi connectivity index (χ2v) is 7.30. The molecule has 1 aliphatic rings. The van der Waals surface area contributed by atoms with E-state index in [0.717, 1.165) is 46.6 Å². The summed E-state index contributed by atoms with van der Waals surface area (Å²) in [4.78, 5) is 3.10. The third kappa shape index (κ3) is 3.71. The molecule has 1 fully saturated rings. The topological polar surface area (TPSA) is 15.3 Å². The Balaban J connectivity index is 1.95. The van der Waals surface area contributed by atoms with Gasteiger partial charge in [0.25, 0.3) is 0 Å². The number of thiophene rings is 1. The molecule has 128 valence electrons. The van der Waals surface area contributed by atoms with Crippen LogP contribution in [0, 0.1) is 11.8 Å². The van der Waals surface area contributed by atoms with E-state index in [-0.39, 0.29) is 6.42 Å². The van der Waals surface area contributed by atoms with Gasteiger partial charge in [-0.25, -0.2) is 8.78 Å². The minimum atomic E-state index is -2.36. The maximum atomic E-state index is 13.0. The van der Waals surface area contributed by atoms with Gasteiger partial charge in [0.1, 0.15) is 0 Å². The molecule has 1 saturated heterocycles. The fraction of sp³-hybridized carbons (Fsp3) is 0.474. The van der Waals surface area contributed by atoms with Crippen LogP contribution in [-0.4, -0.2) is 37.5 Å². The van der Waals surface area contributed by atoms with Crippen LogP contribution in [0.2, 0.25) is 0 Å². The van der Waals surface area contributed by atoms with Crippen molar-refractivity contribution in [2.45, 2.75) is 38.7 Å². The van der Waals surface area contributed by atoms with E-state index < -0.39 is 6.43 Å². The Morgan fingerprint density at radius 3 is 2.75 bits per heavy atom. The lowest BCUT2D eigenvalue weighted by Gasteiger charge is -2.30. The number of hydrogen-bond acceptors (Lipinski definition) is 3. The average molecular weight is 348 g/mol. The lowest BCUT2D eigenvalue weighted by molar-refractivity contribution is 0.149. The third-order valence-electron chi connectivity index (χ3n) is 4.49. The number of piperidine rings is 1. The first-order valence-corrected chi connectivity index (χ1v) is 9.10. The number of halogens is 2. The van der Waals surface area contributed by atoms with Crippen LogP contribution in [0.4, 0.5) is 14.5 Å². The number of nitrogens with zero attached hydrogens (tertiary/aromatic N) is 1. The molecular weight excluding hydrogens is 326 g/mol. The lowest BCUT2D eigenvalue weighted by atomic mass is 10.0. The predicted octanol–water partition coefficient (Wildman–Crippen LogP) is 4.59. The van der Waals surface area contributed by atoms with E-state index in [2.05, 4.69) is 29.1 Å². The molecule has 0 amide bonds. The molecule has 2 aromatic rings. The Labute approximate surface area is 145 Å². The molecular formula is C19H22F2N2S. The molecule has 0 radical (unpaired) electrons. The second-order valence-electron chi connectivity index (χ2n) is 6.28. The molecule has 0 spiro atoms.